The van der Waals surface area contributed by atoms with Gasteiger partial charge in [0.25, 0.3) is 5.56 Å². The minimum Gasteiger partial charge on any atom is -0.399 e. The molecule has 16 heavy (non-hydrogen) atoms. The number of rotatable bonds is 2. The van der Waals surface area contributed by atoms with Crippen molar-refractivity contribution in [2.24, 2.45) is 5.73 Å². The van der Waals surface area contributed by atoms with Crippen molar-refractivity contribution < 1.29 is 0 Å². The van der Waals surface area contributed by atoms with Crippen molar-refractivity contribution >= 4 is 5.69 Å². The number of nitrogens with zero attached hydrogens (tertiary/aromatic N) is 1. The molecule has 0 fully saturated rings. The van der Waals surface area contributed by atoms with E-state index in [0.717, 1.165) is 11.3 Å². The highest BCUT2D eigenvalue weighted by molar-refractivity contribution is 5.40. The van der Waals surface area contributed by atoms with Crippen LogP contribution >= 0.6 is 0 Å². The topological polar surface area (TPSA) is 74.0 Å². The second-order valence-corrected chi connectivity index (χ2v) is 3.54. The van der Waals surface area contributed by atoms with Crippen LogP contribution in [-0.4, -0.2) is 4.57 Å². The number of anilines is 1. The molecule has 1 heterocycles. The number of hydrogen-bond acceptors (Lipinski definition) is 3. The maximum Gasteiger partial charge on any atom is 0.257 e. The molecular formula is C12H13N3O. The normalized spacial score (nSPS) is 10.3. The van der Waals surface area contributed by atoms with Crippen LogP contribution in [0.25, 0.3) is 5.69 Å². The van der Waals surface area contributed by atoms with Gasteiger partial charge in [0.2, 0.25) is 0 Å². The maximum absolute atomic E-state index is 11.7. The Bertz CT molecular complexity index is 560. The highest BCUT2D eigenvalue weighted by atomic mass is 16.1. The Morgan fingerprint density at radius 1 is 1.19 bits per heavy atom. The van der Waals surface area contributed by atoms with Crippen LogP contribution in [0, 0.1) is 0 Å². The van der Waals surface area contributed by atoms with E-state index in [0.29, 0.717) is 12.2 Å². The van der Waals surface area contributed by atoms with E-state index in [-0.39, 0.29) is 5.56 Å². The molecule has 82 valence electrons. The van der Waals surface area contributed by atoms with Crippen LogP contribution in [0.4, 0.5) is 5.69 Å². The van der Waals surface area contributed by atoms with Gasteiger partial charge in [-0.15, -0.1) is 0 Å². The number of aromatic nitrogens is 1. The molecule has 0 unspecified atom stereocenters. The van der Waals surface area contributed by atoms with Gasteiger partial charge in [0.05, 0.1) is 0 Å². The SMILES string of the molecule is NCc1cccc(-n2ccc(N)cc2=O)c1. The Kier molecular flexibility index (Phi) is 2.74. The Morgan fingerprint density at radius 3 is 2.69 bits per heavy atom. The molecule has 4 heteroatoms. The lowest BCUT2D eigenvalue weighted by Crippen LogP contribution is -2.17. The first kappa shape index (κ1) is 10.4. The van der Waals surface area contributed by atoms with Gasteiger partial charge in [-0.3, -0.25) is 9.36 Å². The smallest absolute Gasteiger partial charge is 0.257 e. The summed E-state index contributed by atoms with van der Waals surface area (Å²) in [7, 11) is 0. The number of nitrogens with two attached hydrogens (primary N) is 2. The first-order valence-corrected chi connectivity index (χ1v) is 4.98. The van der Waals surface area contributed by atoms with E-state index in [2.05, 4.69) is 0 Å². The van der Waals surface area contributed by atoms with Gasteiger partial charge in [0, 0.05) is 30.2 Å². The monoisotopic (exact) mass is 215 g/mol. The Labute approximate surface area is 93.1 Å². The van der Waals surface area contributed by atoms with Gasteiger partial charge in [0.1, 0.15) is 0 Å². The largest absolute Gasteiger partial charge is 0.399 e. The Hall–Kier alpha value is -2.07. The van der Waals surface area contributed by atoms with Crippen LogP contribution in [0.3, 0.4) is 0 Å². The molecule has 0 aliphatic heterocycles. The van der Waals surface area contributed by atoms with Crippen molar-refractivity contribution in [3.05, 3.63) is 58.5 Å². The second-order valence-electron chi connectivity index (χ2n) is 3.54. The molecule has 0 bridgehead atoms. The van der Waals surface area contributed by atoms with Crippen LogP contribution in [0.2, 0.25) is 0 Å². The number of hydrogen-bond donors (Lipinski definition) is 2. The molecule has 0 radical (unpaired) electrons. The van der Waals surface area contributed by atoms with E-state index < -0.39 is 0 Å². The molecule has 0 aliphatic carbocycles. The van der Waals surface area contributed by atoms with Crippen molar-refractivity contribution in [2.75, 3.05) is 5.73 Å². The minimum atomic E-state index is -0.144. The van der Waals surface area contributed by atoms with E-state index in [1.54, 1.807) is 12.3 Å². The van der Waals surface area contributed by atoms with Crippen LogP contribution in [0.15, 0.2) is 47.4 Å². The van der Waals surface area contributed by atoms with Gasteiger partial charge in [-0.2, -0.15) is 0 Å². The predicted octanol–water partition coefficient (Wildman–Crippen LogP) is 0.878. The Balaban J connectivity index is 2.54. The van der Waals surface area contributed by atoms with E-state index >= 15 is 0 Å². The summed E-state index contributed by atoms with van der Waals surface area (Å²) < 4.78 is 1.54. The molecule has 0 amide bonds. The van der Waals surface area contributed by atoms with Crippen LogP contribution in [-0.2, 0) is 6.54 Å². The van der Waals surface area contributed by atoms with Crippen LogP contribution in [0.5, 0.6) is 0 Å². The summed E-state index contributed by atoms with van der Waals surface area (Å²) in [6.07, 6.45) is 1.66. The summed E-state index contributed by atoms with van der Waals surface area (Å²) in [6.45, 7) is 0.456. The molecule has 1 aromatic heterocycles. The zero-order chi connectivity index (χ0) is 11.5. The van der Waals surface area contributed by atoms with Gasteiger partial charge in [-0.25, -0.2) is 0 Å². The number of nitrogen functional groups attached to an aromatic ring is 1. The lowest BCUT2D eigenvalue weighted by molar-refractivity contribution is 0.978. The van der Waals surface area contributed by atoms with Gasteiger partial charge in [0.15, 0.2) is 0 Å². The third-order valence-corrected chi connectivity index (χ3v) is 2.37. The summed E-state index contributed by atoms with van der Waals surface area (Å²) >= 11 is 0. The molecule has 0 atom stereocenters. The average Bonchev–Trinajstić information content (AvgIpc) is 2.29. The zero-order valence-corrected chi connectivity index (χ0v) is 8.76. The number of benzene rings is 1. The van der Waals surface area contributed by atoms with Gasteiger partial charge in [-0.05, 0) is 23.8 Å². The fraction of sp³-hybridized carbons (Fsp3) is 0.0833. The fourth-order valence-corrected chi connectivity index (χ4v) is 1.54. The van der Waals surface area contributed by atoms with Crippen molar-refractivity contribution in [2.45, 2.75) is 6.54 Å². The van der Waals surface area contributed by atoms with Crippen LogP contribution < -0.4 is 17.0 Å². The number of pyridine rings is 1. The second kappa shape index (κ2) is 4.20. The van der Waals surface area contributed by atoms with Crippen molar-refractivity contribution in [3.63, 3.8) is 0 Å². The minimum absolute atomic E-state index is 0.144. The first-order chi connectivity index (χ1) is 7.70. The maximum atomic E-state index is 11.7. The highest BCUT2D eigenvalue weighted by Crippen LogP contribution is 2.09. The highest BCUT2D eigenvalue weighted by Gasteiger charge is 2.00. The molecule has 1 aromatic carbocycles. The summed E-state index contributed by atoms with van der Waals surface area (Å²) in [6, 6.07) is 10.6. The Morgan fingerprint density at radius 2 is 2.00 bits per heavy atom. The van der Waals surface area contributed by atoms with E-state index in [9.17, 15) is 4.79 Å². The average molecular weight is 215 g/mol. The van der Waals surface area contributed by atoms with Gasteiger partial charge in [-0.1, -0.05) is 12.1 Å². The van der Waals surface area contributed by atoms with Crippen molar-refractivity contribution in [1.82, 2.24) is 4.57 Å². The lowest BCUT2D eigenvalue weighted by Gasteiger charge is -2.07. The molecule has 2 rings (SSSR count). The fourth-order valence-electron chi connectivity index (χ4n) is 1.54. The lowest BCUT2D eigenvalue weighted by atomic mass is 10.2. The third kappa shape index (κ3) is 1.97. The van der Waals surface area contributed by atoms with Gasteiger partial charge >= 0.3 is 0 Å². The molecule has 0 saturated carbocycles. The van der Waals surface area contributed by atoms with E-state index in [1.807, 2.05) is 24.3 Å². The molecule has 0 aliphatic rings. The predicted molar refractivity (Wildman–Crippen MR) is 64.3 cm³/mol. The summed E-state index contributed by atoms with van der Waals surface area (Å²) in [5, 5.41) is 0. The van der Waals surface area contributed by atoms with E-state index in [1.165, 1.54) is 10.6 Å². The quantitative estimate of drug-likeness (QED) is 0.780. The van der Waals surface area contributed by atoms with E-state index in [4.69, 9.17) is 11.5 Å². The zero-order valence-electron chi connectivity index (χ0n) is 8.76. The van der Waals surface area contributed by atoms with Crippen molar-refractivity contribution in [1.29, 1.82) is 0 Å². The van der Waals surface area contributed by atoms with Gasteiger partial charge < -0.3 is 11.5 Å². The van der Waals surface area contributed by atoms with Crippen LogP contribution in [0.1, 0.15) is 5.56 Å². The molecule has 4 nitrogen and oxygen atoms in total. The summed E-state index contributed by atoms with van der Waals surface area (Å²) in [4.78, 5) is 11.7. The molecule has 0 spiro atoms. The summed E-state index contributed by atoms with van der Waals surface area (Å²) in [5.74, 6) is 0. The molecule has 4 N–H and O–H groups in total. The standard InChI is InChI=1S/C12H13N3O/c13-8-9-2-1-3-11(6-9)15-5-4-10(14)7-12(15)16/h1-7H,8,13-14H2. The van der Waals surface area contributed by atoms with Crippen molar-refractivity contribution in [3.8, 4) is 5.69 Å². The molecule has 2 aromatic rings. The molecular weight excluding hydrogens is 202 g/mol. The summed E-state index contributed by atoms with van der Waals surface area (Å²) in [5.41, 5.74) is 13.2. The first-order valence-electron chi connectivity index (χ1n) is 4.98. The molecule has 0 saturated heterocycles. The third-order valence-electron chi connectivity index (χ3n) is 2.37.